The van der Waals surface area contributed by atoms with Crippen LogP contribution in [0.15, 0.2) is 0 Å². The molecule has 0 aromatic carbocycles. The summed E-state index contributed by atoms with van der Waals surface area (Å²) in [6.07, 6.45) is 15.0. The molecule has 2 aliphatic carbocycles. The molecule has 0 amide bonds. The molecule has 0 aromatic rings. The van der Waals surface area contributed by atoms with Crippen molar-refractivity contribution >= 4 is 10.1 Å². The van der Waals surface area contributed by atoms with Crippen LogP contribution in [0.1, 0.15) is 64.2 Å². The molecular formula is C11H21F3O3SZr+2. The van der Waals surface area contributed by atoms with E-state index < -0.39 is 15.6 Å². The zero-order valence-electron chi connectivity index (χ0n) is 10.9. The minimum atomic E-state index is -5.84. The van der Waals surface area contributed by atoms with Crippen LogP contribution in [0.5, 0.6) is 0 Å². The van der Waals surface area contributed by atoms with Crippen LogP contribution < -0.4 is 0 Å². The van der Waals surface area contributed by atoms with Crippen LogP contribution in [-0.4, -0.2) is 18.5 Å². The van der Waals surface area contributed by atoms with E-state index in [0.29, 0.717) is 0 Å². The van der Waals surface area contributed by atoms with Crippen LogP contribution in [0.3, 0.4) is 0 Å². The van der Waals surface area contributed by atoms with Gasteiger partial charge in [-0.05, 0) is 0 Å². The third kappa shape index (κ3) is 13.3. The van der Waals surface area contributed by atoms with Gasteiger partial charge in [-0.25, -0.2) is 0 Å². The summed E-state index contributed by atoms with van der Waals surface area (Å²) in [6.45, 7) is 0. The average Bonchev–Trinajstić information content (AvgIpc) is 2.95. The van der Waals surface area contributed by atoms with Gasteiger partial charge in [-0.3, -0.25) is 4.55 Å². The van der Waals surface area contributed by atoms with Crippen molar-refractivity contribution < 1.29 is 52.3 Å². The molecule has 8 heteroatoms. The summed E-state index contributed by atoms with van der Waals surface area (Å²) in [4.78, 5) is 0. The van der Waals surface area contributed by atoms with Gasteiger partial charge in [0.25, 0.3) is 0 Å². The monoisotopic (exact) mass is 380 g/mol. The molecule has 2 aliphatic rings. The van der Waals surface area contributed by atoms with Gasteiger partial charge in [0.05, 0.1) is 0 Å². The van der Waals surface area contributed by atoms with Gasteiger partial charge < -0.3 is 0 Å². The molecule has 3 nitrogen and oxygen atoms in total. The third-order valence-electron chi connectivity index (χ3n) is 2.79. The molecule has 112 valence electrons. The first-order valence-corrected chi connectivity index (χ1v) is 7.73. The largest absolute Gasteiger partial charge is 2.00 e. The molecule has 0 heterocycles. The summed E-state index contributed by atoms with van der Waals surface area (Å²) in [5.41, 5.74) is -5.53. The fourth-order valence-corrected chi connectivity index (χ4v) is 1.77. The molecule has 0 saturated heterocycles. The summed E-state index contributed by atoms with van der Waals surface area (Å²) >= 11 is 0. The maximum atomic E-state index is 10.7. The summed E-state index contributed by atoms with van der Waals surface area (Å²) in [5.74, 6) is 0. The second kappa shape index (κ2) is 11.3. The smallest absolute Gasteiger partial charge is 0.279 e. The van der Waals surface area contributed by atoms with Crippen molar-refractivity contribution in [2.45, 2.75) is 69.7 Å². The average molecular weight is 382 g/mol. The van der Waals surface area contributed by atoms with Crippen molar-refractivity contribution in [1.82, 2.24) is 0 Å². The SMILES string of the molecule is C1CCCC1.C1CCCC1.O=S(=O)(O)C(F)(F)F.[Zr+2]. The minimum absolute atomic E-state index is 0. The summed E-state index contributed by atoms with van der Waals surface area (Å²) in [5, 5.41) is 0. The molecule has 2 rings (SSSR count). The van der Waals surface area contributed by atoms with E-state index in [2.05, 4.69) is 0 Å². The van der Waals surface area contributed by atoms with Crippen LogP contribution in [-0.2, 0) is 36.3 Å². The Labute approximate surface area is 132 Å². The molecule has 0 bridgehead atoms. The van der Waals surface area contributed by atoms with Crippen molar-refractivity contribution in [3.63, 3.8) is 0 Å². The van der Waals surface area contributed by atoms with Gasteiger partial charge in [-0.2, -0.15) is 21.6 Å². The molecule has 19 heavy (non-hydrogen) atoms. The zero-order chi connectivity index (χ0) is 14.1. The predicted molar refractivity (Wildman–Crippen MR) is 63.8 cm³/mol. The summed E-state index contributed by atoms with van der Waals surface area (Å²) in [6, 6.07) is 0. The molecule has 0 spiro atoms. The molecule has 0 aromatic heterocycles. The molecule has 0 radical (unpaired) electrons. The second-order valence-electron chi connectivity index (χ2n) is 4.46. The van der Waals surface area contributed by atoms with Crippen LogP contribution in [0, 0.1) is 0 Å². The standard InChI is InChI=1S/2C5H10.CHF3O3S.Zr/c2*1-2-4-5-3-1;2-1(3,4)8(5,6)7;/h2*1-5H2;(H,5,6,7);/q;;;+2. The van der Waals surface area contributed by atoms with Gasteiger partial charge in [-0.1, -0.05) is 64.2 Å². The maximum Gasteiger partial charge on any atom is 2.00 e. The number of hydrogen-bond acceptors (Lipinski definition) is 2. The molecule has 2 saturated carbocycles. The topological polar surface area (TPSA) is 54.4 Å². The molecule has 0 aliphatic heterocycles. The van der Waals surface area contributed by atoms with E-state index in [1.54, 1.807) is 0 Å². The second-order valence-corrected chi connectivity index (χ2v) is 5.87. The van der Waals surface area contributed by atoms with Crippen molar-refractivity contribution in [3.05, 3.63) is 0 Å². The Morgan fingerprint density at radius 2 is 0.789 bits per heavy atom. The number of hydrogen-bond donors (Lipinski definition) is 1. The number of rotatable bonds is 0. The number of halogens is 3. The van der Waals surface area contributed by atoms with Crippen molar-refractivity contribution in [2.24, 2.45) is 0 Å². The van der Waals surface area contributed by atoms with Crippen molar-refractivity contribution in [3.8, 4) is 0 Å². The van der Waals surface area contributed by atoms with Gasteiger partial charge in [0.15, 0.2) is 0 Å². The first-order valence-electron chi connectivity index (χ1n) is 6.29. The Hall–Kier alpha value is 0.583. The third-order valence-corrected chi connectivity index (χ3v) is 3.38. The van der Waals surface area contributed by atoms with E-state index >= 15 is 0 Å². The van der Waals surface area contributed by atoms with E-state index in [1.807, 2.05) is 0 Å². The van der Waals surface area contributed by atoms with Gasteiger partial charge in [0, 0.05) is 0 Å². The first-order chi connectivity index (χ1) is 8.25. The van der Waals surface area contributed by atoms with Gasteiger partial charge >= 0.3 is 41.8 Å². The van der Waals surface area contributed by atoms with E-state index in [4.69, 9.17) is 13.0 Å². The van der Waals surface area contributed by atoms with Crippen LogP contribution in [0.25, 0.3) is 0 Å². The van der Waals surface area contributed by atoms with Crippen molar-refractivity contribution in [1.29, 1.82) is 0 Å². The molecule has 2 fully saturated rings. The Morgan fingerprint density at radius 3 is 0.842 bits per heavy atom. The van der Waals surface area contributed by atoms with Gasteiger partial charge in [-0.15, -0.1) is 0 Å². The van der Waals surface area contributed by atoms with Gasteiger partial charge in [0.2, 0.25) is 0 Å². The summed E-state index contributed by atoms with van der Waals surface area (Å²) in [7, 11) is -5.84. The molecule has 0 unspecified atom stereocenters. The van der Waals surface area contributed by atoms with E-state index in [0.717, 1.165) is 0 Å². The first kappa shape index (κ1) is 21.9. The predicted octanol–water partition coefficient (Wildman–Crippen LogP) is 4.29. The Bertz CT molecular complexity index is 272. The maximum absolute atomic E-state index is 10.7. The molecular weight excluding hydrogens is 360 g/mol. The number of alkyl halides is 3. The quantitative estimate of drug-likeness (QED) is 0.503. The van der Waals surface area contributed by atoms with E-state index in [-0.39, 0.29) is 26.2 Å². The fraction of sp³-hybridized carbons (Fsp3) is 1.00. The van der Waals surface area contributed by atoms with Gasteiger partial charge in [0.1, 0.15) is 0 Å². The van der Waals surface area contributed by atoms with E-state index in [1.165, 1.54) is 64.2 Å². The Balaban J connectivity index is 0. The Kier molecular flexibility index (Phi) is 13.0. The normalized spacial score (nSPS) is 18.5. The van der Waals surface area contributed by atoms with Crippen LogP contribution in [0.4, 0.5) is 13.2 Å². The van der Waals surface area contributed by atoms with Crippen LogP contribution >= 0.6 is 0 Å². The Morgan fingerprint density at radius 1 is 0.684 bits per heavy atom. The molecule has 1 N–H and O–H groups in total. The molecule has 0 atom stereocenters. The minimum Gasteiger partial charge on any atom is -0.279 e. The van der Waals surface area contributed by atoms with E-state index in [9.17, 15) is 13.2 Å². The summed E-state index contributed by atoms with van der Waals surface area (Å²) < 4.78 is 57.5. The fourth-order valence-electron chi connectivity index (χ4n) is 1.77. The van der Waals surface area contributed by atoms with Crippen molar-refractivity contribution in [2.75, 3.05) is 0 Å². The zero-order valence-corrected chi connectivity index (χ0v) is 14.2. The van der Waals surface area contributed by atoms with Crippen LogP contribution in [0.2, 0.25) is 0 Å².